The predicted molar refractivity (Wildman–Crippen MR) is 145 cm³/mol. The predicted octanol–water partition coefficient (Wildman–Crippen LogP) is -3.83. The molecule has 1 atom stereocenters. The normalized spacial score (nSPS) is 12.2. The van der Waals surface area contributed by atoms with Crippen LogP contribution >= 0.6 is 23.2 Å². The number of hydrogen-bond acceptors (Lipinski definition) is 10. The van der Waals surface area contributed by atoms with Crippen molar-refractivity contribution in [3.8, 4) is 0 Å². The molecule has 0 saturated heterocycles. The molecule has 0 radical (unpaired) electrons. The van der Waals surface area contributed by atoms with Gasteiger partial charge in [-0.2, -0.15) is 0 Å². The van der Waals surface area contributed by atoms with E-state index in [1.165, 1.54) is 30.3 Å². The molecule has 3 aromatic carbocycles. The van der Waals surface area contributed by atoms with Crippen molar-refractivity contribution >= 4 is 105 Å². The Morgan fingerprint density at radius 2 is 1.14 bits per heavy atom. The van der Waals surface area contributed by atoms with Crippen LogP contribution in [0, 0.1) is 0 Å². The van der Waals surface area contributed by atoms with Gasteiger partial charge in [0.15, 0.2) is 10.9 Å². The summed E-state index contributed by atoms with van der Waals surface area (Å²) >= 11 is 8.60. The summed E-state index contributed by atoms with van der Waals surface area (Å²) < 4.78 is 58.4. The molecule has 0 saturated carbocycles. The molecule has 0 aliphatic heterocycles. The molecule has 0 N–H and O–H groups in total. The number of aromatic nitrogens is 2. The Kier molecular flexibility index (Phi) is 10.5. The van der Waals surface area contributed by atoms with Gasteiger partial charge in [-0.1, -0.05) is 23.2 Å². The zero-order valence-corrected chi connectivity index (χ0v) is 28.5. The summed E-state index contributed by atoms with van der Waals surface area (Å²) in [6.07, 6.45) is 0. The van der Waals surface area contributed by atoms with Gasteiger partial charge in [-0.15, -0.1) is 0 Å². The maximum absolute atomic E-state index is 13.5. The molecule has 0 aliphatic carbocycles. The fraction of sp³-hybridized carbons (Fsp3) is 0.0417. The Morgan fingerprint density at radius 3 is 1.57 bits per heavy atom. The molecule has 0 bridgehead atoms. The number of carbonyl (C=O) groups is 3. The van der Waals surface area contributed by atoms with Crippen LogP contribution in [0.4, 0.5) is 0 Å². The number of nitrogens with zero attached hydrogens (tertiary/aromatic N) is 2. The van der Waals surface area contributed by atoms with E-state index >= 15 is 0 Å². The van der Waals surface area contributed by atoms with Crippen molar-refractivity contribution in [2.24, 2.45) is 0 Å². The van der Waals surface area contributed by atoms with E-state index in [4.69, 9.17) is 23.2 Å². The average Bonchev–Trinajstić information content (AvgIpc) is 2.86. The molecule has 0 fully saturated rings. The summed E-state index contributed by atoms with van der Waals surface area (Å²) in [6.45, 7) is 0. The molecular weight excluding hydrogens is 657 g/mol. The van der Waals surface area contributed by atoms with E-state index in [1.807, 2.05) is 0 Å². The first-order chi connectivity index (χ1) is 18.7. The second-order valence-electron chi connectivity index (χ2n) is 8.46. The summed E-state index contributed by atoms with van der Waals surface area (Å²) in [6, 6.07) is 9.38. The number of pyridine rings is 2. The molecule has 2 aromatic heterocycles. The minimum absolute atomic E-state index is 0. The zero-order valence-electron chi connectivity index (χ0n) is 21.4. The van der Waals surface area contributed by atoms with Crippen molar-refractivity contribution in [1.82, 2.24) is 9.13 Å². The Bertz CT molecular complexity index is 2290. The molecule has 0 spiro atoms. The van der Waals surface area contributed by atoms with Crippen LogP contribution in [-0.4, -0.2) is 53.5 Å². The van der Waals surface area contributed by atoms with Crippen molar-refractivity contribution in [3.63, 3.8) is 0 Å². The standard InChI is InChI=1S/C24H12Cl2N2O10S2.2Na/c25-10-1-3-12-16(5-10)27(20(29)9-40(36,37)38)18-7-15-19(8-14(18)21(12)30)28(23(32)24(33)39(34)35)17-6-11(26)2-4-13(17)22(15)31;;/h1-8H,9H2,(H,34,35)(H,36,37,38);;/q;2*+1/p-2. The van der Waals surface area contributed by atoms with Gasteiger partial charge in [-0.05, 0) is 48.5 Å². The largest absolute Gasteiger partial charge is 1.00 e. The minimum Gasteiger partial charge on any atom is -0.766 e. The van der Waals surface area contributed by atoms with Crippen LogP contribution in [0.2, 0.25) is 10.0 Å². The quantitative estimate of drug-likeness (QED) is 0.0593. The third kappa shape index (κ3) is 6.09. The minimum atomic E-state index is -5.10. The molecule has 204 valence electrons. The van der Waals surface area contributed by atoms with Gasteiger partial charge < -0.3 is 9.11 Å². The van der Waals surface area contributed by atoms with Gasteiger partial charge in [0.25, 0.3) is 5.12 Å². The first-order valence-electron chi connectivity index (χ1n) is 10.8. The van der Waals surface area contributed by atoms with Crippen LogP contribution < -0.4 is 70.0 Å². The van der Waals surface area contributed by atoms with Crippen molar-refractivity contribution in [2.75, 3.05) is 5.75 Å². The van der Waals surface area contributed by atoms with Crippen LogP contribution in [0.15, 0.2) is 58.1 Å². The van der Waals surface area contributed by atoms with E-state index in [9.17, 15) is 45.7 Å². The molecule has 5 aromatic rings. The van der Waals surface area contributed by atoms with Crippen molar-refractivity contribution < 1.29 is 95.2 Å². The van der Waals surface area contributed by atoms with E-state index in [0.717, 1.165) is 22.8 Å². The number of rotatable bonds is 2. The van der Waals surface area contributed by atoms with Gasteiger partial charge in [0.1, 0.15) is 15.9 Å². The number of hydrogen-bond donors (Lipinski definition) is 0. The summed E-state index contributed by atoms with van der Waals surface area (Å²) in [5, 5.41) is -2.79. The first kappa shape index (κ1) is 34.7. The van der Waals surface area contributed by atoms with Crippen LogP contribution in [-0.2, 0) is 26.0 Å². The van der Waals surface area contributed by atoms with Gasteiger partial charge in [-0.3, -0.25) is 37.3 Å². The van der Waals surface area contributed by atoms with Gasteiger partial charge in [0.05, 0.1) is 22.1 Å². The Hall–Kier alpha value is -1.79. The third-order valence-electron chi connectivity index (χ3n) is 6.05. The summed E-state index contributed by atoms with van der Waals surface area (Å²) in [5.74, 6) is -4.37. The Balaban J connectivity index is 0.00000242. The van der Waals surface area contributed by atoms with E-state index < -0.39 is 54.7 Å². The molecule has 0 aliphatic rings. The van der Waals surface area contributed by atoms with E-state index in [0.29, 0.717) is 4.57 Å². The van der Waals surface area contributed by atoms with Crippen molar-refractivity contribution in [3.05, 3.63) is 79.0 Å². The first-order valence-corrected chi connectivity index (χ1v) is 14.2. The third-order valence-corrected chi connectivity index (χ3v) is 7.60. The summed E-state index contributed by atoms with van der Waals surface area (Å²) in [4.78, 5) is 65.4. The average molecular weight is 667 g/mol. The molecule has 0 amide bonds. The molecular formula is C24H10Cl2N2Na2O10S2. The van der Waals surface area contributed by atoms with Crippen LogP contribution in [0.1, 0.15) is 9.59 Å². The summed E-state index contributed by atoms with van der Waals surface area (Å²) in [5.41, 5.74) is -2.62. The monoisotopic (exact) mass is 666 g/mol. The van der Waals surface area contributed by atoms with Gasteiger partial charge in [0.2, 0.25) is 5.91 Å². The maximum Gasteiger partial charge on any atom is 1.00 e. The zero-order chi connectivity index (χ0) is 29.3. The Labute approximate surface area is 291 Å². The molecule has 2 heterocycles. The van der Waals surface area contributed by atoms with E-state index in [-0.39, 0.29) is 113 Å². The molecule has 42 heavy (non-hydrogen) atoms. The van der Waals surface area contributed by atoms with Crippen molar-refractivity contribution in [1.29, 1.82) is 0 Å². The van der Waals surface area contributed by atoms with Crippen LogP contribution in [0.25, 0.3) is 43.6 Å². The smallest absolute Gasteiger partial charge is 0.766 e. The van der Waals surface area contributed by atoms with Gasteiger partial charge in [0, 0.05) is 42.7 Å². The fourth-order valence-corrected chi connectivity index (χ4v) is 5.49. The molecule has 18 heteroatoms. The number of benzene rings is 3. The number of carbonyl (C=O) groups excluding carboxylic acids is 3. The van der Waals surface area contributed by atoms with Crippen LogP contribution in [0.5, 0.6) is 0 Å². The van der Waals surface area contributed by atoms with Crippen molar-refractivity contribution in [2.45, 2.75) is 0 Å². The van der Waals surface area contributed by atoms with Gasteiger partial charge in [-0.25, -0.2) is 8.42 Å². The molecule has 1 unspecified atom stereocenters. The number of halogens is 2. The molecule has 5 rings (SSSR count). The van der Waals surface area contributed by atoms with Gasteiger partial charge >= 0.3 is 65.0 Å². The SMILES string of the molecule is O=C(CS(=O)(=O)[O-])n1c2cc(Cl)ccc2c(=O)c2cc3c(cc21)c(=O)c1ccc(Cl)cc1n3C(=O)C(=O)S(=O)[O-].[Na+].[Na+]. The van der Waals surface area contributed by atoms with E-state index in [2.05, 4.69) is 0 Å². The topological polar surface area (TPSA) is 193 Å². The molecule has 12 nitrogen and oxygen atoms in total. The maximum atomic E-state index is 13.5. The van der Waals surface area contributed by atoms with E-state index in [1.54, 1.807) is 0 Å². The second kappa shape index (κ2) is 12.7. The fourth-order valence-electron chi connectivity index (χ4n) is 4.49. The Morgan fingerprint density at radius 1 is 0.738 bits per heavy atom. The summed E-state index contributed by atoms with van der Waals surface area (Å²) in [7, 11) is -5.10. The van der Waals surface area contributed by atoms with Crippen LogP contribution in [0.3, 0.4) is 0 Å². The second-order valence-corrected chi connectivity index (χ2v) is 11.6. The number of fused-ring (bicyclic) bond motifs is 4.